The first-order valence-corrected chi connectivity index (χ1v) is 18.8. The molecule has 6 rings (SSSR count). The summed E-state index contributed by atoms with van der Waals surface area (Å²) >= 11 is 3.75. The van der Waals surface area contributed by atoms with Gasteiger partial charge in [-0.2, -0.15) is 0 Å². The van der Waals surface area contributed by atoms with Gasteiger partial charge in [-0.25, -0.2) is 9.59 Å². The van der Waals surface area contributed by atoms with Crippen LogP contribution >= 0.6 is 23.5 Å². The summed E-state index contributed by atoms with van der Waals surface area (Å²) in [7, 11) is 8.57. The predicted octanol–water partition coefficient (Wildman–Crippen LogP) is 6.85. The molecule has 2 unspecified atom stereocenters. The van der Waals surface area contributed by atoms with Crippen LogP contribution in [0.4, 0.5) is 22.7 Å². The minimum absolute atomic E-state index is 0.615. The third-order valence-corrected chi connectivity index (χ3v) is 10.5. The minimum atomic E-state index is -2.27. The Hall–Kier alpha value is -4.04. The van der Waals surface area contributed by atoms with Crippen molar-refractivity contribution in [1.82, 2.24) is 9.80 Å². The lowest BCUT2D eigenvalue weighted by Gasteiger charge is -2.35. The number of aliphatic carboxylic acids is 2. The quantitative estimate of drug-likeness (QED) is 0.128. The van der Waals surface area contributed by atoms with Crippen molar-refractivity contribution < 1.29 is 30.0 Å². The van der Waals surface area contributed by atoms with E-state index in [0.717, 1.165) is 26.2 Å². The molecule has 0 saturated carbocycles. The maximum atomic E-state index is 9.77. The second kappa shape index (κ2) is 19.2. The Kier molecular flexibility index (Phi) is 15.0. The van der Waals surface area contributed by atoms with Gasteiger partial charge in [0.15, 0.2) is 12.2 Å². The van der Waals surface area contributed by atoms with Crippen LogP contribution in [-0.4, -0.2) is 109 Å². The molecule has 4 aromatic rings. The van der Waals surface area contributed by atoms with Crippen molar-refractivity contribution in [2.24, 2.45) is 11.8 Å². The molecule has 12 heteroatoms. The highest BCUT2D eigenvalue weighted by atomic mass is 32.2. The zero-order chi connectivity index (χ0) is 37.9. The molecule has 0 aliphatic carbocycles. The van der Waals surface area contributed by atoms with Crippen molar-refractivity contribution >= 4 is 58.2 Å². The van der Waals surface area contributed by atoms with Gasteiger partial charge in [-0.15, -0.1) is 0 Å². The Balaban J connectivity index is 0.000000187. The van der Waals surface area contributed by atoms with E-state index in [1.165, 1.54) is 42.3 Å². The Morgan fingerprint density at radius 2 is 0.788 bits per heavy atom. The van der Waals surface area contributed by atoms with Crippen molar-refractivity contribution in [3.63, 3.8) is 0 Å². The van der Waals surface area contributed by atoms with E-state index >= 15 is 0 Å². The summed E-state index contributed by atoms with van der Waals surface area (Å²) in [6.07, 6.45) is -4.53. The topological polar surface area (TPSA) is 128 Å². The molecule has 0 bridgehead atoms. The van der Waals surface area contributed by atoms with E-state index in [9.17, 15) is 9.59 Å². The molecule has 10 nitrogen and oxygen atoms in total. The average molecular weight is 747 g/mol. The number of aliphatic hydroxyl groups is 2. The maximum absolute atomic E-state index is 9.77. The van der Waals surface area contributed by atoms with Gasteiger partial charge >= 0.3 is 11.9 Å². The van der Waals surface area contributed by atoms with Gasteiger partial charge in [0, 0.05) is 45.8 Å². The summed E-state index contributed by atoms with van der Waals surface area (Å²) in [5, 5.41) is 32.5. The van der Waals surface area contributed by atoms with Gasteiger partial charge in [0.05, 0.1) is 22.7 Å². The standard InChI is InChI=1S/2C18H22N2S.C4H6O6/c2*1-14(12-19(2)3)13-20-15-8-4-6-10-17(15)21-18-11-7-5-9-16(18)20;5-1(3(7)8)2(6)4(9)10/h2*4-11,14H,12-13H2,1-3H3;1-2,5-6H,(H,7,8)(H,9,10)/t;;1-,2-/m..1/s1. The molecule has 2 aliphatic rings. The van der Waals surface area contributed by atoms with Crippen molar-refractivity contribution in [3.05, 3.63) is 97.1 Å². The second-order valence-corrected chi connectivity index (χ2v) is 15.8. The molecule has 52 heavy (non-hydrogen) atoms. The number of benzene rings is 4. The molecule has 2 heterocycles. The smallest absolute Gasteiger partial charge is 0.335 e. The van der Waals surface area contributed by atoms with Crippen LogP contribution in [0.2, 0.25) is 0 Å². The fourth-order valence-corrected chi connectivity index (χ4v) is 8.40. The molecule has 2 aliphatic heterocycles. The number of anilines is 4. The highest BCUT2D eigenvalue weighted by Crippen LogP contribution is 2.49. The highest BCUT2D eigenvalue weighted by molar-refractivity contribution is 8.00. The van der Waals surface area contributed by atoms with E-state index in [0.29, 0.717) is 11.8 Å². The SMILES string of the molecule is CC(CN(C)C)CN1c2ccccc2Sc2ccccc21.CC(CN(C)C)CN1c2ccccc2Sc2ccccc21.O=C(O)[C@H](O)[C@@H](O)C(=O)O. The van der Waals surface area contributed by atoms with Gasteiger partial charge < -0.3 is 40.0 Å². The largest absolute Gasteiger partial charge is 0.479 e. The first kappa shape index (κ1) is 40.7. The Morgan fingerprint density at radius 3 is 1.02 bits per heavy atom. The van der Waals surface area contributed by atoms with E-state index in [-0.39, 0.29) is 0 Å². The van der Waals surface area contributed by atoms with Gasteiger partial charge in [-0.3, -0.25) is 0 Å². The van der Waals surface area contributed by atoms with Crippen molar-refractivity contribution in [2.75, 3.05) is 64.2 Å². The third-order valence-electron chi connectivity index (χ3n) is 8.21. The first-order valence-electron chi connectivity index (χ1n) is 17.1. The minimum Gasteiger partial charge on any atom is -0.479 e. The fourth-order valence-electron chi connectivity index (χ4n) is 6.21. The van der Waals surface area contributed by atoms with Crippen LogP contribution in [0.25, 0.3) is 0 Å². The van der Waals surface area contributed by atoms with E-state index in [1.807, 2.05) is 23.5 Å². The lowest BCUT2D eigenvalue weighted by molar-refractivity contribution is -0.165. The van der Waals surface area contributed by atoms with Crippen LogP contribution in [0.1, 0.15) is 13.8 Å². The van der Waals surface area contributed by atoms with Crippen LogP contribution in [-0.2, 0) is 9.59 Å². The van der Waals surface area contributed by atoms with Crippen LogP contribution in [0.5, 0.6) is 0 Å². The number of carboxylic acid groups (broad SMARTS) is 2. The first-order chi connectivity index (χ1) is 24.8. The summed E-state index contributed by atoms with van der Waals surface area (Å²) < 4.78 is 0. The predicted molar refractivity (Wildman–Crippen MR) is 211 cm³/mol. The molecular formula is C40H50N4O6S2. The Labute approximate surface area is 315 Å². The number of para-hydroxylation sites is 4. The molecule has 0 saturated heterocycles. The van der Waals surface area contributed by atoms with Crippen molar-refractivity contribution in [3.8, 4) is 0 Å². The molecule has 0 aromatic heterocycles. The van der Waals surface area contributed by atoms with E-state index < -0.39 is 24.1 Å². The number of nitrogens with zero attached hydrogens (tertiary/aromatic N) is 4. The summed E-state index contributed by atoms with van der Waals surface area (Å²) in [5.41, 5.74) is 5.36. The van der Waals surface area contributed by atoms with Crippen LogP contribution in [0.3, 0.4) is 0 Å². The monoisotopic (exact) mass is 746 g/mol. The molecular weight excluding hydrogens is 697 g/mol. The molecule has 0 spiro atoms. The summed E-state index contributed by atoms with van der Waals surface area (Å²) in [4.78, 5) is 34.5. The lowest BCUT2D eigenvalue weighted by Crippen LogP contribution is -2.39. The number of hydrogen-bond acceptors (Lipinski definition) is 10. The Morgan fingerprint density at radius 1 is 0.538 bits per heavy atom. The van der Waals surface area contributed by atoms with E-state index in [1.54, 1.807) is 0 Å². The zero-order valence-corrected chi connectivity index (χ0v) is 32.2. The van der Waals surface area contributed by atoms with Crippen LogP contribution < -0.4 is 9.80 Å². The molecule has 4 aromatic carbocycles. The summed E-state index contributed by atoms with van der Waals surface area (Å²) in [6, 6.07) is 34.9. The average Bonchev–Trinajstić information content (AvgIpc) is 3.10. The number of aliphatic hydroxyl groups excluding tert-OH is 2. The number of carbonyl (C=O) groups is 2. The van der Waals surface area contributed by atoms with Gasteiger partial charge in [0.25, 0.3) is 0 Å². The molecule has 4 N–H and O–H groups in total. The van der Waals surface area contributed by atoms with Crippen LogP contribution in [0.15, 0.2) is 117 Å². The van der Waals surface area contributed by atoms with Gasteiger partial charge in [-0.05, 0) is 88.6 Å². The van der Waals surface area contributed by atoms with Gasteiger partial charge in [0.2, 0.25) is 0 Å². The zero-order valence-electron chi connectivity index (χ0n) is 30.6. The third kappa shape index (κ3) is 11.0. The number of fused-ring (bicyclic) bond motifs is 4. The van der Waals surface area contributed by atoms with Gasteiger partial charge in [0.1, 0.15) is 0 Å². The summed E-state index contributed by atoms with van der Waals surface area (Å²) in [5.74, 6) is -2.31. The molecule has 278 valence electrons. The number of rotatable bonds is 11. The van der Waals surface area contributed by atoms with E-state index in [4.69, 9.17) is 20.4 Å². The highest BCUT2D eigenvalue weighted by Gasteiger charge is 2.29. The fraction of sp³-hybridized carbons (Fsp3) is 0.350. The second-order valence-electron chi connectivity index (χ2n) is 13.6. The molecule has 0 fully saturated rings. The Bertz CT molecular complexity index is 1570. The van der Waals surface area contributed by atoms with Crippen LogP contribution in [0, 0.1) is 11.8 Å². The lowest BCUT2D eigenvalue weighted by atomic mass is 10.1. The normalized spacial score (nSPS) is 15.0. The van der Waals surface area contributed by atoms with E-state index in [2.05, 4.69) is 159 Å². The van der Waals surface area contributed by atoms with Crippen molar-refractivity contribution in [1.29, 1.82) is 0 Å². The van der Waals surface area contributed by atoms with Gasteiger partial charge in [-0.1, -0.05) is 85.9 Å². The number of carboxylic acids is 2. The molecule has 0 amide bonds. The number of hydrogen-bond donors (Lipinski definition) is 4. The molecule has 0 radical (unpaired) electrons. The molecule has 4 atom stereocenters. The van der Waals surface area contributed by atoms with Crippen molar-refractivity contribution in [2.45, 2.75) is 45.6 Å². The maximum Gasteiger partial charge on any atom is 0.335 e. The summed E-state index contributed by atoms with van der Waals surface area (Å²) in [6.45, 7) is 8.96.